The third kappa shape index (κ3) is 18.0. The minimum Gasteiger partial charge on any atom is -0.511 e. The van der Waals surface area contributed by atoms with E-state index in [-0.39, 0.29) is 74.6 Å². The summed E-state index contributed by atoms with van der Waals surface area (Å²) in [6.45, 7) is 10.3. The highest BCUT2D eigenvalue weighted by molar-refractivity contribution is 6.22. The third-order valence-corrected chi connectivity index (χ3v) is 9.61. The van der Waals surface area contributed by atoms with Crippen LogP contribution in [-0.2, 0) is 33.6 Å². The van der Waals surface area contributed by atoms with Crippen LogP contribution in [0.4, 0.5) is 0 Å². The second kappa shape index (κ2) is 25.8. The molecule has 330 valence electrons. The zero-order chi connectivity index (χ0) is 44.2. The van der Waals surface area contributed by atoms with Gasteiger partial charge in [0, 0.05) is 31.6 Å². The number of primary amides is 1. The van der Waals surface area contributed by atoms with Crippen LogP contribution in [0.1, 0.15) is 112 Å². The Hall–Kier alpha value is -4.50. The van der Waals surface area contributed by atoms with Crippen molar-refractivity contribution in [2.45, 2.75) is 155 Å². The number of Topliss-reactive ketones (excluding diaryl/α,β-unsaturated/α-hetero) is 1. The van der Waals surface area contributed by atoms with Gasteiger partial charge in [-0.1, -0.05) is 53.4 Å². The molecule has 0 saturated heterocycles. The molecule has 1 aliphatic carbocycles. The van der Waals surface area contributed by atoms with Crippen molar-refractivity contribution in [3.63, 3.8) is 0 Å². The lowest BCUT2D eigenvalue weighted by Crippen LogP contribution is -2.60. The molecule has 0 bridgehead atoms. The number of ketones is 1. The molecule has 58 heavy (non-hydrogen) atoms. The number of carboxylic acid groups (broad SMARTS) is 1. The van der Waals surface area contributed by atoms with Crippen molar-refractivity contribution in [2.75, 3.05) is 19.6 Å². The molecule has 0 heterocycles. The SMILES string of the molecule is CCCC[C@H](NC(=O)[C@H](CCCC)NNCC[C@H](N)C(=O)N[C@H](C(=O)N[C@@H](CCN=C(C)C1=C(O)CC(C)(C)CC1=O)C(=O)N[C@@H](CCN)C(=O)O)[C@@H](C)O)C(N)=O. The minimum atomic E-state index is -1.59. The molecule has 7 atom stereocenters. The Morgan fingerprint density at radius 2 is 1.38 bits per heavy atom. The maximum absolute atomic E-state index is 13.5. The number of carboxylic acids is 1. The largest absolute Gasteiger partial charge is 0.511 e. The second-order valence-corrected chi connectivity index (χ2v) is 15.6. The molecule has 0 aliphatic heterocycles. The summed E-state index contributed by atoms with van der Waals surface area (Å²) in [5, 5.41) is 40.5. The van der Waals surface area contributed by atoms with E-state index < -0.39 is 83.3 Å². The lowest BCUT2D eigenvalue weighted by atomic mass is 9.76. The van der Waals surface area contributed by atoms with E-state index in [0.29, 0.717) is 25.7 Å². The van der Waals surface area contributed by atoms with Crippen LogP contribution in [0.2, 0.25) is 0 Å². The molecule has 0 unspecified atom stereocenters. The van der Waals surface area contributed by atoms with Crippen LogP contribution < -0.4 is 49.3 Å². The predicted octanol–water partition coefficient (Wildman–Crippen LogP) is -1.16. The predicted molar refractivity (Wildman–Crippen MR) is 217 cm³/mol. The Morgan fingerprint density at radius 1 is 0.810 bits per heavy atom. The number of aliphatic hydroxyl groups is 2. The Kier molecular flexibility index (Phi) is 22.9. The summed E-state index contributed by atoms with van der Waals surface area (Å²) in [7, 11) is 0. The number of rotatable bonds is 28. The molecule has 0 aromatic carbocycles. The van der Waals surface area contributed by atoms with Crippen LogP contribution >= 0.6 is 0 Å². The van der Waals surface area contributed by atoms with Gasteiger partial charge in [-0.3, -0.25) is 39.2 Å². The number of hydrogen-bond donors (Lipinski definition) is 12. The number of carbonyl (C=O) groups excluding carboxylic acids is 6. The van der Waals surface area contributed by atoms with Crippen LogP contribution in [0, 0.1) is 5.41 Å². The van der Waals surface area contributed by atoms with Gasteiger partial charge in [0.15, 0.2) is 5.78 Å². The highest BCUT2D eigenvalue weighted by Crippen LogP contribution is 2.36. The van der Waals surface area contributed by atoms with E-state index in [1.165, 1.54) is 13.8 Å². The van der Waals surface area contributed by atoms with Crippen LogP contribution in [0.5, 0.6) is 0 Å². The molecule has 0 spiro atoms. The summed E-state index contributed by atoms with van der Waals surface area (Å²) in [4.78, 5) is 93.7. The quantitative estimate of drug-likeness (QED) is 0.0252. The Labute approximate surface area is 340 Å². The second-order valence-electron chi connectivity index (χ2n) is 15.6. The van der Waals surface area contributed by atoms with Gasteiger partial charge in [0.1, 0.15) is 29.9 Å². The fourth-order valence-corrected chi connectivity index (χ4v) is 6.23. The number of nitrogens with zero attached hydrogens (tertiary/aromatic N) is 1. The molecule has 5 amide bonds. The van der Waals surface area contributed by atoms with Crippen molar-refractivity contribution in [2.24, 2.45) is 27.6 Å². The molecule has 20 heteroatoms. The summed E-state index contributed by atoms with van der Waals surface area (Å²) < 4.78 is 0. The number of nitrogens with two attached hydrogens (primary N) is 3. The van der Waals surface area contributed by atoms with E-state index in [1.54, 1.807) is 0 Å². The highest BCUT2D eigenvalue weighted by atomic mass is 16.4. The fraction of sp³-hybridized carbons (Fsp3) is 0.737. The first-order valence-corrected chi connectivity index (χ1v) is 20.0. The van der Waals surface area contributed by atoms with Crippen LogP contribution in [0.15, 0.2) is 16.3 Å². The zero-order valence-electron chi connectivity index (χ0n) is 34.8. The summed E-state index contributed by atoms with van der Waals surface area (Å²) in [5.41, 5.74) is 22.8. The molecule has 0 aromatic heterocycles. The lowest BCUT2D eigenvalue weighted by Gasteiger charge is -2.29. The molecule has 0 aromatic rings. The van der Waals surface area contributed by atoms with Crippen LogP contribution in [-0.4, -0.2) is 124 Å². The third-order valence-electron chi connectivity index (χ3n) is 9.61. The van der Waals surface area contributed by atoms with E-state index >= 15 is 0 Å². The van der Waals surface area contributed by atoms with Crippen LogP contribution in [0.25, 0.3) is 0 Å². The van der Waals surface area contributed by atoms with Gasteiger partial charge >= 0.3 is 5.97 Å². The molecule has 15 N–H and O–H groups in total. The van der Waals surface area contributed by atoms with E-state index in [2.05, 4.69) is 37.1 Å². The lowest BCUT2D eigenvalue weighted by molar-refractivity contribution is -0.142. The average molecular weight is 825 g/mol. The number of nitrogens with one attached hydrogen (secondary N) is 6. The summed E-state index contributed by atoms with van der Waals surface area (Å²) in [6.07, 6.45) is 2.60. The number of unbranched alkanes of at least 4 members (excludes halogenated alkanes) is 2. The number of aliphatic carboxylic acids is 1. The molecule has 20 nitrogen and oxygen atoms in total. The van der Waals surface area contributed by atoms with Gasteiger partial charge in [-0.05, 0) is 57.9 Å². The number of allylic oxidation sites excluding steroid dienone is 2. The van der Waals surface area contributed by atoms with Crippen molar-refractivity contribution in [1.29, 1.82) is 0 Å². The molecular weight excluding hydrogens is 756 g/mol. The first kappa shape index (κ1) is 51.5. The van der Waals surface area contributed by atoms with Gasteiger partial charge in [0.05, 0.1) is 23.8 Å². The minimum absolute atomic E-state index is 0.0155. The first-order chi connectivity index (χ1) is 27.2. The van der Waals surface area contributed by atoms with Gasteiger partial charge in [-0.15, -0.1) is 0 Å². The molecule has 1 rings (SSSR count). The van der Waals surface area contributed by atoms with Crippen molar-refractivity contribution in [3.8, 4) is 0 Å². The molecule has 0 radical (unpaired) electrons. The van der Waals surface area contributed by atoms with Gasteiger partial charge in [0.2, 0.25) is 29.5 Å². The molecular formula is C38H68N10O10. The van der Waals surface area contributed by atoms with Crippen molar-refractivity contribution in [3.05, 3.63) is 11.3 Å². The van der Waals surface area contributed by atoms with Gasteiger partial charge < -0.3 is 53.8 Å². The van der Waals surface area contributed by atoms with Gasteiger partial charge in [0.25, 0.3) is 0 Å². The Balaban J connectivity index is 3.04. The monoisotopic (exact) mass is 825 g/mol. The fourth-order valence-electron chi connectivity index (χ4n) is 6.23. The highest BCUT2D eigenvalue weighted by Gasteiger charge is 2.35. The smallest absolute Gasteiger partial charge is 0.326 e. The van der Waals surface area contributed by atoms with Gasteiger partial charge in [-0.2, -0.15) is 0 Å². The Morgan fingerprint density at radius 3 is 1.91 bits per heavy atom. The number of aliphatic imine (C=N–C) groups is 1. The topological polar surface area (TPSA) is 343 Å². The average Bonchev–Trinajstić information content (AvgIpc) is 3.12. The summed E-state index contributed by atoms with van der Waals surface area (Å²) in [5.74, 6) is -5.49. The van der Waals surface area contributed by atoms with E-state index in [1.807, 2.05) is 27.7 Å². The molecule has 0 fully saturated rings. The maximum atomic E-state index is 13.5. The number of amides is 5. The standard InChI is InChI=1S/C38H68N10O10/c1-7-9-11-24(32(41)52)44-35(55)26(12-10-8-2)48-43-18-14-23(40)33(53)47-31(22(4)49)36(56)45-25(34(54)46-27(13-16-39)37(57)58)15-17-42-21(3)30-28(50)19-38(5,6)20-29(30)51/h22-27,31,43,48-50H,7-20,39-40H2,1-6H3,(H2,41,52)(H,44,55)(H,45,56)(H,46,54)(H,47,53)(H,57,58)/t22-,23+,24+,25+,26+,27+,31+/m1/s1. The summed E-state index contributed by atoms with van der Waals surface area (Å²) in [6, 6.07) is -7.12. The van der Waals surface area contributed by atoms with E-state index in [0.717, 1.165) is 12.8 Å². The van der Waals surface area contributed by atoms with Crippen molar-refractivity contribution < 1.29 is 48.9 Å². The zero-order valence-corrected chi connectivity index (χ0v) is 34.8. The number of hydrogen-bond acceptors (Lipinski definition) is 14. The van der Waals surface area contributed by atoms with Gasteiger partial charge in [-0.25, -0.2) is 10.2 Å². The summed E-state index contributed by atoms with van der Waals surface area (Å²) >= 11 is 0. The maximum Gasteiger partial charge on any atom is 0.326 e. The Bertz CT molecular complexity index is 1480. The molecule has 0 saturated carbocycles. The van der Waals surface area contributed by atoms with Crippen molar-refractivity contribution >= 4 is 47.0 Å². The van der Waals surface area contributed by atoms with Crippen molar-refractivity contribution in [1.82, 2.24) is 32.1 Å². The van der Waals surface area contributed by atoms with E-state index in [4.69, 9.17) is 17.2 Å². The number of aliphatic hydroxyl groups excluding tert-OH is 2. The number of hydrazine groups is 1. The first-order valence-electron chi connectivity index (χ1n) is 20.0. The number of carbonyl (C=O) groups is 7. The van der Waals surface area contributed by atoms with Crippen LogP contribution in [0.3, 0.4) is 0 Å². The molecule has 1 aliphatic rings. The normalized spacial score (nSPS) is 17.9. The van der Waals surface area contributed by atoms with E-state index in [9.17, 15) is 48.9 Å².